The number of halogens is 2. The van der Waals surface area contributed by atoms with Crippen LogP contribution in [0.15, 0.2) is 42.5 Å². The number of likely N-dealkylation sites (N-methyl/N-ethyl adjacent to an activating group) is 2. The zero-order valence-corrected chi connectivity index (χ0v) is 21.0. The van der Waals surface area contributed by atoms with Crippen LogP contribution in [0, 0.1) is 0 Å². The Kier molecular flexibility index (Phi) is 6.97. The summed E-state index contributed by atoms with van der Waals surface area (Å²) in [6.45, 7) is 1.52. The minimum absolute atomic E-state index is 0.0372. The van der Waals surface area contributed by atoms with Crippen LogP contribution in [0.2, 0.25) is 10.0 Å². The third-order valence-corrected chi connectivity index (χ3v) is 8.46. The first-order valence-corrected chi connectivity index (χ1v) is 12.2. The van der Waals surface area contributed by atoms with E-state index in [9.17, 15) is 9.90 Å². The lowest BCUT2D eigenvalue weighted by molar-refractivity contribution is -0.145. The van der Waals surface area contributed by atoms with Crippen molar-refractivity contribution in [3.8, 4) is 5.75 Å². The van der Waals surface area contributed by atoms with E-state index in [4.69, 9.17) is 27.9 Å². The number of aliphatic hydroxyl groups is 1. The second-order valence-electron chi connectivity index (χ2n) is 9.66. The maximum absolute atomic E-state index is 13.2. The molecule has 3 atom stereocenters. The molecule has 2 aromatic carbocycles. The van der Waals surface area contributed by atoms with Gasteiger partial charge in [0.15, 0.2) is 0 Å². The molecule has 1 saturated carbocycles. The number of nitrogens with zero attached hydrogens (tertiary/aromatic N) is 2. The molecule has 0 radical (unpaired) electrons. The van der Waals surface area contributed by atoms with Crippen molar-refractivity contribution < 1.29 is 14.6 Å². The molecule has 33 heavy (non-hydrogen) atoms. The van der Waals surface area contributed by atoms with Crippen LogP contribution in [-0.4, -0.2) is 66.8 Å². The number of carbonyl (C=O) groups is 1. The molecule has 5 nitrogen and oxygen atoms in total. The van der Waals surface area contributed by atoms with Crippen LogP contribution in [0.25, 0.3) is 0 Å². The Morgan fingerprint density at radius 1 is 1.21 bits per heavy atom. The van der Waals surface area contributed by atoms with Crippen LogP contribution in [0.1, 0.15) is 36.8 Å². The van der Waals surface area contributed by atoms with E-state index < -0.39 is 11.0 Å². The van der Waals surface area contributed by atoms with Gasteiger partial charge in [-0.3, -0.25) is 4.79 Å². The van der Waals surface area contributed by atoms with Crippen molar-refractivity contribution in [2.45, 2.75) is 49.2 Å². The minimum Gasteiger partial charge on any atom is -0.497 e. The molecular formula is C26H32Cl2N2O3. The summed E-state index contributed by atoms with van der Waals surface area (Å²) < 4.78 is 5.50. The van der Waals surface area contributed by atoms with E-state index in [1.54, 1.807) is 19.2 Å². The lowest BCUT2D eigenvalue weighted by Gasteiger charge is -2.58. The van der Waals surface area contributed by atoms with Crippen LogP contribution >= 0.6 is 23.2 Å². The van der Waals surface area contributed by atoms with Gasteiger partial charge in [-0.25, -0.2) is 0 Å². The van der Waals surface area contributed by atoms with E-state index in [0.717, 1.165) is 36.3 Å². The number of carbonyl (C=O) groups excluding carboxylic acids is 1. The topological polar surface area (TPSA) is 53.0 Å². The number of methoxy groups -OCH3 is 1. The van der Waals surface area contributed by atoms with Crippen molar-refractivity contribution in [1.29, 1.82) is 0 Å². The fourth-order valence-electron chi connectivity index (χ4n) is 5.75. The number of benzene rings is 2. The van der Waals surface area contributed by atoms with Crippen molar-refractivity contribution >= 4 is 29.1 Å². The highest BCUT2D eigenvalue weighted by Gasteiger charge is 2.57. The molecule has 2 aliphatic rings. The summed E-state index contributed by atoms with van der Waals surface area (Å²) in [7, 11) is 5.60. The molecule has 1 aliphatic carbocycles. The summed E-state index contributed by atoms with van der Waals surface area (Å²) in [5.41, 5.74) is 0.647. The fraction of sp³-hybridized carbons (Fsp3) is 0.500. The van der Waals surface area contributed by atoms with E-state index in [-0.39, 0.29) is 18.4 Å². The molecule has 0 spiro atoms. The molecular weight excluding hydrogens is 459 g/mol. The maximum Gasteiger partial charge on any atom is 0.226 e. The van der Waals surface area contributed by atoms with Crippen LogP contribution in [-0.2, 0) is 16.6 Å². The lowest BCUT2D eigenvalue weighted by atomic mass is 9.55. The molecule has 0 aromatic heterocycles. The first-order chi connectivity index (χ1) is 15.7. The summed E-state index contributed by atoms with van der Waals surface area (Å²) in [5, 5.41) is 12.9. The number of fused-ring (bicyclic) bond motifs is 1. The van der Waals surface area contributed by atoms with Gasteiger partial charge < -0.3 is 19.6 Å². The van der Waals surface area contributed by atoms with Crippen molar-refractivity contribution in [2.24, 2.45) is 0 Å². The quantitative estimate of drug-likeness (QED) is 0.667. The maximum atomic E-state index is 13.2. The molecule has 178 valence electrons. The van der Waals surface area contributed by atoms with E-state index >= 15 is 0 Å². The largest absolute Gasteiger partial charge is 0.497 e. The summed E-state index contributed by atoms with van der Waals surface area (Å²) in [6, 6.07) is 13.4. The van der Waals surface area contributed by atoms with Crippen LogP contribution in [0.3, 0.4) is 0 Å². The molecule has 1 saturated heterocycles. The highest BCUT2D eigenvalue weighted by Crippen LogP contribution is 2.52. The predicted molar refractivity (Wildman–Crippen MR) is 132 cm³/mol. The van der Waals surface area contributed by atoms with Crippen LogP contribution < -0.4 is 4.74 Å². The average molecular weight is 491 g/mol. The van der Waals surface area contributed by atoms with Gasteiger partial charge in [-0.1, -0.05) is 41.4 Å². The molecule has 2 aromatic rings. The second-order valence-corrected chi connectivity index (χ2v) is 10.5. The third kappa shape index (κ3) is 4.61. The van der Waals surface area contributed by atoms with E-state index in [1.165, 1.54) is 0 Å². The molecule has 1 N–H and O–H groups in total. The van der Waals surface area contributed by atoms with Crippen molar-refractivity contribution in [2.75, 3.05) is 34.3 Å². The molecule has 4 rings (SSSR count). The molecule has 0 bridgehead atoms. The van der Waals surface area contributed by atoms with Gasteiger partial charge in [-0.05, 0) is 74.7 Å². The number of rotatable bonds is 5. The number of piperidine rings is 1. The minimum atomic E-state index is -0.851. The summed E-state index contributed by atoms with van der Waals surface area (Å²) >= 11 is 12.2. The monoisotopic (exact) mass is 490 g/mol. The van der Waals surface area contributed by atoms with Gasteiger partial charge in [0.25, 0.3) is 0 Å². The number of β-amino-alcohol motifs (C(OH)–C–C–N with tert-alkyl or cyclic N) is 1. The SMILES string of the molecule is COc1cccc([C@@]23CCN(C)C[C@@]2(O)CC[C@@H](N(C)C(=O)Cc2ccc(Cl)c(Cl)c2)C3)c1. The number of likely N-dealkylation sites (tertiary alicyclic amines) is 1. The first-order valence-electron chi connectivity index (χ1n) is 11.4. The highest BCUT2D eigenvalue weighted by molar-refractivity contribution is 6.42. The molecule has 2 fully saturated rings. The predicted octanol–water partition coefficient (Wildman–Crippen LogP) is 4.56. The molecule has 7 heteroatoms. The lowest BCUT2D eigenvalue weighted by Crippen LogP contribution is -2.66. The second kappa shape index (κ2) is 9.46. The van der Waals surface area contributed by atoms with E-state index in [2.05, 4.69) is 24.1 Å². The summed E-state index contributed by atoms with van der Waals surface area (Å²) in [4.78, 5) is 17.3. The normalized spacial score (nSPS) is 27.6. The van der Waals surface area contributed by atoms with Gasteiger partial charge in [0.2, 0.25) is 5.91 Å². The Morgan fingerprint density at radius 3 is 2.73 bits per heavy atom. The Morgan fingerprint density at radius 2 is 2.00 bits per heavy atom. The molecule has 0 unspecified atom stereocenters. The Bertz CT molecular complexity index is 1030. The van der Waals surface area contributed by atoms with E-state index in [1.807, 2.05) is 30.1 Å². The third-order valence-electron chi connectivity index (χ3n) is 7.72. The van der Waals surface area contributed by atoms with Crippen molar-refractivity contribution in [1.82, 2.24) is 9.80 Å². The number of hydrogen-bond acceptors (Lipinski definition) is 4. The zero-order chi connectivity index (χ0) is 23.8. The first kappa shape index (κ1) is 24.3. The van der Waals surface area contributed by atoms with Gasteiger partial charge in [-0.2, -0.15) is 0 Å². The Labute approximate surface area is 206 Å². The van der Waals surface area contributed by atoms with E-state index in [0.29, 0.717) is 29.4 Å². The standard InChI is InChI=1S/C26H32Cl2N2O3/c1-29-12-11-25(19-5-4-6-21(15-19)33-3)16-20(9-10-26(25,32)17-29)30(2)24(31)14-18-7-8-22(27)23(28)13-18/h4-8,13,15,20,32H,9-12,14,16-17H2,1-3H3/t20-,25+,26+/m1/s1. The van der Waals surface area contributed by atoms with Gasteiger partial charge in [-0.15, -0.1) is 0 Å². The molecule has 1 amide bonds. The van der Waals surface area contributed by atoms with Crippen molar-refractivity contribution in [3.05, 3.63) is 63.6 Å². The molecule has 1 heterocycles. The summed E-state index contributed by atoms with van der Waals surface area (Å²) in [6.07, 6.45) is 3.22. The number of amides is 1. The van der Waals surface area contributed by atoms with Crippen molar-refractivity contribution in [3.63, 3.8) is 0 Å². The van der Waals surface area contributed by atoms with Gasteiger partial charge in [0.05, 0.1) is 29.2 Å². The van der Waals surface area contributed by atoms with Crippen LogP contribution in [0.4, 0.5) is 0 Å². The summed E-state index contributed by atoms with van der Waals surface area (Å²) in [5.74, 6) is 0.826. The average Bonchev–Trinajstić information content (AvgIpc) is 2.80. The highest BCUT2D eigenvalue weighted by atomic mass is 35.5. The Hall–Kier alpha value is -1.79. The zero-order valence-electron chi connectivity index (χ0n) is 19.5. The van der Waals surface area contributed by atoms with Crippen LogP contribution in [0.5, 0.6) is 5.75 Å². The molecule has 1 aliphatic heterocycles. The fourth-order valence-corrected chi connectivity index (χ4v) is 6.07. The van der Waals surface area contributed by atoms with Gasteiger partial charge in [0, 0.05) is 25.0 Å². The number of ether oxygens (including phenoxy) is 1. The van der Waals surface area contributed by atoms with Gasteiger partial charge >= 0.3 is 0 Å². The van der Waals surface area contributed by atoms with Gasteiger partial charge in [0.1, 0.15) is 5.75 Å². The number of hydrogen-bond donors (Lipinski definition) is 1. The Balaban J connectivity index is 1.61. The smallest absolute Gasteiger partial charge is 0.226 e.